The highest BCUT2D eigenvalue weighted by Crippen LogP contribution is 2.34. The van der Waals surface area contributed by atoms with Crippen molar-refractivity contribution in [2.45, 2.75) is 32.3 Å². The van der Waals surface area contributed by atoms with E-state index >= 15 is 0 Å². The highest BCUT2D eigenvalue weighted by atomic mass is 32.1. The molecular formula is C19H21N3OS. The molecule has 3 saturated heterocycles. The number of nitriles is 1. The van der Waals surface area contributed by atoms with Crippen molar-refractivity contribution in [3.63, 3.8) is 0 Å². The highest BCUT2D eigenvalue weighted by molar-refractivity contribution is 7.15. The maximum absolute atomic E-state index is 9.37. The van der Waals surface area contributed by atoms with Crippen molar-refractivity contribution < 1.29 is 4.74 Å². The number of nitrogens with zero attached hydrogens (tertiary/aromatic N) is 3. The molecule has 5 heteroatoms. The number of thiazole rings is 1. The van der Waals surface area contributed by atoms with E-state index in [1.165, 1.54) is 30.8 Å². The number of hydrogen-bond acceptors (Lipinski definition) is 5. The van der Waals surface area contributed by atoms with Crippen molar-refractivity contribution in [2.75, 3.05) is 19.6 Å². The number of rotatable bonds is 4. The Labute approximate surface area is 146 Å². The maximum Gasteiger partial charge on any atom is 0.123 e. The molecule has 0 radical (unpaired) electrons. The van der Waals surface area contributed by atoms with Gasteiger partial charge in [0, 0.05) is 23.2 Å². The third-order valence-electron chi connectivity index (χ3n) is 5.07. The van der Waals surface area contributed by atoms with Crippen LogP contribution in [0.4, 0.5) is 0 Å². The van der Waals surface area contributed by atoms with E-state index in [9.17, 15) is 5.26 Å². The smallest absolute Gasteiger partial charge is 0.123 e. The molecule has 0 N–H and O–H groups in total. The molecule has 0 spiro atoms. The van der Waals surface area contributed by atoms with Gasteiger partial charge in [0.15, 0.2) is 0 Å². The quantitative estimate of drug-likeness (QED) is 0.852. The van der Waals surface area contributed by atoms with Crippen molar-refractivity contribution in [1.82, 2.24) is 9.88 Å². The molecule has 5 rings (SSSR count). The van der Waals surface area contributed by atoms with Gasteiger partial charge in [-0.2, -0.15) is 5.26 Å². The number of aromatic nitrogens is 1. The summed E-state index contributed by atoms with van der Waals surface area (Å²) in [4.78, 5) is 8.24. The molecule has 0 amide bonds. The normalized spacial score (nSPS) is 25.4. The van der Waals surface area contributed by atoms with Crippen LogP contribution in [0.5, 0.6) is 5.75 Å². The van der Waals surface area contributed by atoms with E-state index < -0.39 is 0 Å². The summed E-state index contributed by atoms with van der Waals surface area (Å²) in [5.41, 5.74) is 1.62. The molecule has 1 aromatic carbocycles. The van der Waals surface area contributed by atoms with E-state index in [0.717, 1.165) is 29.3 Å². The molecule has 4 heterocycles. The maximum atomic E-state index is 9.37. The fourth-order valence-electron chi connectivity index (χ4n) is 3.68. The molecule has 1 atom stereocenters. The zero-order chi connectivity index (χ0) is 16.5. The van der Waals surface area contributed by atoms with Crippen molar-refractivity contribution in [3.8, 4) is 22.4 Å². The number of piperidine rings is 3. The van der Waals surface area contributed by atoms with Crippen LogP contribution in [-0.4, -0.2) is 35.6 Å². The highest BCUT2D eigenvalue weighted by Gasteiger charge is 2.35. The van der Waals surface area contributed by atoms with Crippen LogP contribution in [0.1, 0.15) is 30.2 Å². The van der Waals surface area contributed by atoms with Gasteiger partial charge in [0.2, 0.25) is 0 Å². The summed E-state index contributed by atoms with van der Waals surface area (Å²) in [5.74, 6) is 1.45. The SMILES string of the molecule is CCc1cnc(-c2cc(C#N)cc(O[C@H]3CN4CCC3CC4)c2)s1. The Kier molecular flexibility index (Phi) is 4.26. The molecule has 0 saturated carbocycles. The Balaban J connectivity index is 1.61. The molecule has 2 aromatic rings. The van der Waals surface area contributed by atoms with E-state index in [0.29, 0.717) is 11.5 Å². The fraction of sp³-hybridized carbons (Fsp3) is 0.474. The lowest BCUT2D eigenvalue weighted by Gasteiger charge is -2.44. The van der Waals surface area contributed by atoms with Crippen LogP contribution in [0.25, 0.3) is 10.6 Å². The largest absolute Gasteiger partial charge is 0.489 e. The van der Waals surface area contributed by atoms with E-state index in [1.807, 2.05) is 24.4 Å². The van der Waals surface area contributed by atoms with Crippen LogP contribution < -0.4 is 4.74 Å². The molecule has 3 aliphatic rings. The van der Waals surface area contributed by atoms with E-state index in [4.69, 9.17) is 4.74 Å². The summed E-state index contributed by atoms with van der Waals surface area (Å²) >= 11 is 1.69. The molecule has 0 aliphatic carbocycles. The van der Waals surface area contributed by atoms with Crippen molar-refractivity contribution >= 4 is 11.3 Å². The number of hydrogen-bond donors (Lipinski definition) is 0. The van der Waals surface area contributed by atoms with Crippen molar-refractivity contribution in [1.29, 1.82) is 5.26 Å². The summed E-state index contributed by atoms with van der Waals surface area (Å²) in [6.07, 6.45) is 5.60. The first-order valence-corrected chi connectivity index (χ1v) is 9.46. The molecule has 124 valence electrons. The standard InChI is InChI=1S/C19H21N3OS/c1-2-17-11-21-19(24-17)15-7-13(10-20)8-16(9-15)23-18-12-22-5-3-14(18)4-6-22/h7-9,11,14,18H,2-6,12H2,1H3/t18-/m0/s1. The molecule has 3 aliphatic heterocycles. The zero-order valence-electron chi connectivity index (χ0n) is 13.9. The predicted octanol–water partition coefficient (Wildman–Crippen LogP) is 3.72. The second-order valence-electron chi connectivity index (χ2n) is 6.64. The minimum absolute atomic E-state index is 0.247. The Morgan fingerprint density at radius 3 is 2.79 bits per heavy atom. The summed E-state index contributed by atoms with van der Waals surface area (Å²) < 4.78 is 6.31. The van der Waals surface area contributed by atoms with Crippen LogP contribution in [0.2, 0.25) is 0 Å². The molecular weight excluding hydrogens is 318 g/mol. The Bertz CT molecular complexity index is 771. The van der Waals surface area contributed by atoms with E-state index in [1.54, 1.807) is 11.3 Å². The summed E-state index contributed by atoms with van der Waals surface area (Å²) in [7, 11) is 0. The zero-order valence-corrected chi connectivity index (χ0v) is 14.7. The van der Waals surface area contributed by atoms with Crippen LogP contribution >= 0.6 is 11.3 Å². The number of fused-ring (bicyclic) bond motifs is 3. The molecule has 4 nitrogen and oxygen atoms in total. The van der Waals surface area contributed by atoms with Crippen LogP contribution in [-0.2, 0) is 6.42 Å². The minimum atomic E-state index is 0.247. The average molecular weight is 339 g/mol. The molecule has 0 unspecified atom stereocenters. The van der Waals surface area contributed by atoms with Gasteiger partial charge in [-0.1, -0.05) is 6.92 Å². The van der Waals surface area contributed by atoms with Crippen LogP contribution in [0, 0.1) is 17.2 Å². The summed E-state index contributed by atoms with van der Waals surface area (Å²) in [5, 5.41) is 10.3. The lowest BCUT2D eigenvalue weighted by atomic mass is 9.86. The van der Waals surface area contributed by atoms with Crippen molar-refractivity contribution in [3.05, 3.63) is 34.8 Å². The predicted molar refractivity (Wildman–Crippen MR) is 95.2 cm³/mol. The van der Waals surface area contributed by atoms with Crippen LogP contribution in [0.3, 0.4) is 0 Å². The third-order valence-corrected chi connectivity index (χ3v) is 6.26. The topological polar surface area (TPSA) is 49.1 Å². The minimum Gasteiger partial charge on any atom is -0.489 e. The Morgan fingerprint density at radius 2 is 2.17 bits per heavy atom. The molecule has 2 bridgehead atoms. The first-order chi connectivity index (χ1) is 11.7. The lowest BCUT2D eigenvalue weighted by Crippen LogP contribution is -2.52. The second-order valence-corrected chi connectivity index (χ2v) is 7.75. The fourth-order valence-corrected chi connectivity index (χ4v) is 4.52. The molecule has 1 aromatic heterocycles. The summed E-state index contributed by atoms with van der Waals surface area (Å²) in [6.45, 7) is 5.54. The van der Waals surface area contributed by atoms with Gasteiger partial charge in [0.1, 0.15) is 16.9 Å². The Hall–Kier alpha value is -1.90. The van der Waals surface area contributed by atoms with E-state index in [-0.39, 0.29) is 6.10 Å². The average Bonchev–Trinajstić information content (AvgIpc) is 3.12. The lowest BCUT2D eigenvalue weighted by molar-refractivity contribution is -0.00774. The first kappa shape index (κ1) is 15.6. The van der Waals surface area contributed by atoms with Gasteiger partial charge in [-0.15, -0.1) is 11.3 Å². The number of ether oxygens (including phenoxy) is 1. The monoisotopic (exact) mass is 339 g/mol. The van der Waals surface area contributed by atoms with Gasteiger partial charge in [0.05, 0.1) is 11.6 Å². The Morgan fingerprint density at radius 1 is 1.33 bits per heavy atom. The number of aryl methyl sites for hydroxylation is 1. The van der Waals surface area contributed by atoms with Gasteiger partial charge in [-0.25, -0.2) is 4.98 Å². The van der Waals surface area contributed by atoms with Gasteiger partial charge in [0.25, 0.3) is 0 Å². The van der Waals surface area contributed by atoms with Gasteiger partial charge >= 0.3 is 0 Å². The van der Waals surface area contributed by atoms with Gasteiger partial charge < -0.3 is 4.74 Å². The van der Waals surface area contributed by atoms with Crippen molar-refractivity contribution in [2.24, 2.45) is 5.92 Å². The van der Waals surface area contributed by atoms with Crippen LogP contribution in [0.15, 0.2) is 24.4 Å². The molecule has 24 heavy (non-hydrogen) atoms. The second kappa shape index (κ2) is 6.54. The third kappa shape index (κ3) is 3.04. The number of benzene rings is 1. The van der Waals surface area contributed by atoms with E-state index in [2.05, 4.69) is 22.9 Å². The molecule has 3 fully saturated rings. The first-order valence-electron chi connectivity index (χ1n) is 8.64. The summed E-state index contributed by atoms with van der Waals surface area (Å²) in [6, 6.07) is 8.06. The van der Waals surface area contributed by atoms with Gasteiger partial charge in [-0.05, 0) is 56.5 Å². The van der Waals surface area contributed by atoms with Gasteiger partial charge in [-0.3, -0.25) is 4.90 Å².